The zero-order chi connectivity index (χ0) is 12.1. The van der Waals surface area contributed by atoms with E-state index in [1.165, 1.54) is 12.0 Å². The summed E-state index contributed by atoms with van der Waals surface area (Å²) in [4.78, 5) is 0. The molecule has 0 heterocycles. The third kappa shape index (κ3) is 3.91. The van der Waals surface area contributed by atoms with E-state index in [1.807, 2.05) is 0 Å². The summed E-state index contributed by atoms with van der Waals surface area (Å²) in [5.74, 6) is 0.720. The zero-order valence-corrected chi connectivity index (χ0v) is 12.2. The fourth-order valence-electron chi connectivity index (χ4n) is 1.76. The highest BCUT2D eigenvalue weighted by atomic mass is 79.9. The second kappa shape index (κ2) is 6.41. The molecular formula is C14H22BrN. The second-order valence-corrected chi connectivity index (χ2v) is 5.53. The maximum atomic E-state index is 3.65. The van der Waals surface area contributed by atoms with Gasteiger partial charge in [-0.25, -0.2) is 0 Å². The molecule has 0 saturated heterocycles. The van der Waals surface area contributed by atoms with E-state index in [0.29, 0.717) is 12.1 Å². The summed E-state index contributed by atoms with van der Waals surface area (Å²) in [6, 6.07) is 9.51. The Morgan fingerprint density at radius 2 is 1.69 bits per heavy atom. The van der Waals surface area contributed by atoms with Crippen LogP contribution in [0.4, 0.5) is 0 Å². The van der Waals surface area contributed by atoms with Crippen LogP contribution < -0.4 is 5.32 Å². The fraction of sp³-hybridized carbons (Fsp3) is 0.571. The Hall–Kier alpha value is -0.340. The molecule has 1 aromatic carbocycles. The molecule has 1 nitrogen and oxygen atoms in total. The van der Waals surface area contributed by atoms with Crippen LogP contribution >= 0.6 is 15.9 Å². The van der Waals surface area contributed by atoms with Gasteiger partial charge in [0.15, 0.2) is 0 Å². The van der Waals surface area contributed by atoms with E-state index >= 15 is 0 Å². The largest absolute Gasteiger partial charge is 0.307 e. The van der Waals surface area contributed by atoms with Gasteiger partial charge in [-0.1, -0.05) is 48.3 Å². The van der Waals surface area contributed by atoms with E-state index in [-0.39, 0.29) is 0 Å². The first-order chi connectivity index (χ1) is 7.54. The van der Waals surface area contributed by atoms with Crippen molar-refractivity contribution in [2.75, 3.05) is 0 Å². The predicted octanol–water partition coefficient (Wildman–Crippen LogP) is 4.53. The standard InChI is InChI=1S/C14H22BrN/c1-5-10(2)11(3)16-12(4)13-6-8-14(15)9-7-13/h6-12,16H,5H2,1-4H3/t10?,11?,12-/m0/s1. The van der Waals surface area contributed by atoms with Crippen LogP contribution in [0.3, 0.4) is 0 Å². The fourth-order valence-corrected chi connectivity index (χ4v) is 2.02. The lowest BCUT2D eigenvalue weighted by Gasteiger charge is -2.24. The molecular weight excluding hydrogens is 262 g/mol. The molecule has 16 heavy (non-hydrogen) atoms. The summed E-state index contributed by atoms with van der Waals surface area (Å²) < 4.78 is 1.14. The minimum absolute atomic E-state index is 0.414. The predicted molar refractivity (Wildman–Crippen MR) is 74.6 cm³/mol. The SMILES string of the molecule is CCC(C)C(C)N[C@@H](C)c1ccc(Br)cc1. The van der Waals surface area contributed by atoms with Gasteiger partial charge in [-0.2, -0.15) is 0 Å². The Bertz CT molecular complexity index is 307. The number of benzene rings is 1. The minimum atomic E-state index is 0.414. The molecule has 2 unspecified atom stereocenters. The molecule has 0 radical (unpaired) electrons. The van der Waals surface area contributed by atoms with Crippen LogP contribution in [0.5, 0.6) is 0 Å². The van der Waals surface area contributed by atoms with Crippen molar-refractivity contribution in [1.29, 1.82) is 0 Å². The molecule has 0 aliphatic heterocycles. The molecule has 3 atom stereocenters. The summed E-state index contributed by atoms with van der Waals surface area (Å²) in [7, 11) is 0. The maximum absolute atomic E-state index is 3.65. The highest BCUT2D eigenvalue weighted by Gasteiger charge is 2.13. The minimum Gasteiger partial charge on any atom is -0.307 e. The molecule has 0 aliphatic carbocycles. The molecule has 1 rings (SSSR count). The molecule has 0 saturated carbocycles. The van der Waals surface area contributed by atoms with Crippen molar-refractivity contribution in [1.82, 2.24) is 5.32 Å². The van der Waals surface area contributed by atoms with Gasteiger partial charge in [-0.15, -0.1) is 0 Å². The highest BCUT2D eigenvalue weighted by molar-refractivity contribution is 9.10. The van der Waals surface area contributed by atoms with Gasteiger partial charge in [0.2, 0.25) is 0 Å². The Kier molecular flexibility index (Phi) is 5.50. The molecule has 1 N–H and O–H groups in total. The van der Waals surface area contributed by atoms with Crippen LogP contribution in [-0.4, -0.2) is 6.04 Å². The monoisotopic (exact) mass is 283 g/mol. The van der Waals surface area contributed by atoms with Crippen LogP contribution in [0.1, 0.15) is 45.7 Å². The van der Waals surface area contributed by atoms with Crippen LogP contribution in [0.15, 0.2) is 28.7 Å². The van der Waals surface area contributed by atoms with E-state index in [9.17, 15) is 0 Å². The lowest BCUT2D eigenvalue weighted by molar-refractivity contribution is 0.360. The third-order valence-corrected chi connectivity index (χ3v) is 3.91. The van der Waals surface area contributed by atoms with Crippen molar-refractivity contribution < 1.29 is 0 Å². The van der Waals surface area contributed by atoms with Gasteiger partial charge in [0, 0.05) is 16.6 Å². The molecule has 0 bridgehead atoms. The van der Waals surface area contributed by atoms with Crippen LogP contribution in [0, 0.1) is 5.92 Å². The number of hydrogen-bond acceptors (Lipinski definition) is 1. The van der Waals surface area contributed by atoms with Gasteiger partial charge in [0.25, 0.3) is 0 Å². The van der Waals surface area contributed by atoms with Gasteiger partial charge < -0.3 is 5.32 Å². The van der Waals surface area contributed by atoms with Crippen LogP contribution in [0.2, 0.25) is 0 Å². The summed E-state index contributed by atoms with van der Waals surface area (Å²) in [6.07, 6.45) is 1.22. The molecule has 0 spiro atoms. The number of nitrogens with one attached hydrogen (secondary N) is 1. The van der Waals surface area contributed by atoms with Crippen molar-refractivity contribution in [3.05, 3.63) is 34.3 Å². The normalized spacial score (nSPS) is 16.8. The third-order valence-electron chi connectivity index (χ3n) is 3.38. The Balaban J connectivity index is 2.58. The molecule has 2 heteroatoms. The van der Waals surface area contributed by atoms with Gasteiger partial charge in [0.05, 0.1) is 0 Å². The quantitative estimate of drug-likeness (QED) is 0.837. The molecule has 0 fully saturated rings. The number of halogens is 1. The van der Waals surface area contributed by atoms with Crippen molar-refractivity contribution >= 4 is 15.9 Å². The first-order valence-electron chi connectivity index (χ1n) is 6.06. The second-order valence-electron chi connectivity index (χ2n) is 4.61. The summed E-state index contributed by atoms with van der Waals surface area (Å²) in [5.41, 5.74) is 1.35. The molecule has 0 aromatic heterocycles. The van der Waals surface area contributed by atoms with E-state index in [4.69, 9.17) is 0 Å². The smallest absolute Gasteiger partial charge is 0.0294 e. The van der Waals surface area contributed by atoms with Gasteiger partial charge >= 0.3 is 0 Å². The van der Waals surface area contributed by atoms with Crippen molar-refractivity contribution in [2.45, 2.75) is 46.2 Å². The Labute approximate surface area is 108 Å². The van der Waals surface area contributed by atoms with Gasteiger partial charge in [-0.3, -0.25) is 0 Å². The number of hydrogen-bond donors (Lipinski definition) is 1. The van der Waals surface area contributed by atoms with Crippen molar-refractivity contribution in [3.8, 4) is 0 Å². The van der Waals surface area contributed by atoms with Crippen molar-refractivity contribution in [3.63, 3.8) is 0 Å². The Morgan fingerprint density at radius 3 is 2.19 bits per heavy atom. The molecule has 0 aliphatic rings. The average Bonchev–Trinajstić information content (AvgIpc) is 2.28. The van der Waals surface area contributed by atoms with Crippen molar-refractivity contribution in [2.24, 2.45) is 5.92 Å². The summed E-state index contributed by atoms with van der Waals surface area (Å²) >= 11 is 3.46. The van der Waals surface area contributed by atoms with Gasteiger partial charge in [0.1, 0.15) is 0 Å². The van der Waals surface area contributed by atoms with Gasteiger partial charge in [-0.05, 0) is 37.5 Å². The van der Waals surface area contributed by atoms with E-state index in [1.54, 1.807) is 0 Å². The lowest BCUT2D eigenvalue weighted by atomic mass is 9.99. The molecule has 90 valence electrons. The van der Waals surface area contributed by atoms with Crippen LogP contribution in [0.25, 0.3) is 0 Å². The lowest BCUT2D eigenvalue weighted by Crippen LogP contribution is -2.33. The highest BCUT2D eigenvalue weighted by Crippen LogP contribution is 2.18. The van der Waals surface area contributed by atoms with E-state index < -0.39 is 0 Å². The summed E-state index contributed by atoms with van der Waals surface area (Å²) in [5, 5.41) is 3.65. The Morgan fingerprint density at radius 1 is 1.12 bits per heavy atom. The maximum Gasteiger partial charge on any atom is 0.0294 e. The summed E-state index contributed by atoms with van der Waals surface area (Å²) in [6.45, 7) is 9.03. The molecule has 1 aromatic rings. The number of rotatable bonds is 5. The van der Waals surface area contributed by atoms with E-state index in [0.717, 1.165) is 10.4 Å². The molecule has 0 amide bonds. The topological polar surface area (TPSA) is 12.0 Å². The van der Waals surface area contributed by atoms with E-state index in [2.05, 4.69) is 73.2 Å². The zero-order valence-electron chi connectivity index (χ0n) is 10.6. The van der Waals surface area contributed by atoms with Crippen LogP contribution in [-0.2, 0) is 0 Å². The average molecular weight is 284 g/mol. The first-order valence-corrected chi connectivity index (χ1v) is 6.85. The first kappa shape index (κ1) is 13.7.